The molecule has 6 aromatic rings. The van der Waals surface area contributed by atoms with Crippen LogP contribution in [-0.2, 0) is 53.4 Å². The van der Waals surface area contributed by atoms with Crippen molar-refractivity contribution in [3.63, 3.8) is 0 Å². The van der Waals surface area contributed by atoms with Crippen molar-refractivity contribution in [2.24, 2.45) is 0 Å². The number of aryl methyl sites for hydroxylation is 1. The standard InChI is InChI=1S/C33H33.C15H14.C5H5.Zr/c1-4-5-16-30-24(3)28(19-26-14-10-7-11-15-26)21-33-31-20-27(18-25-12-8-6-9-13-25)23(2)17-29(31)22-32(30)33;1-3-8-14(9-4-1)12-7-13-15-10-5-2-6-11-15;1-2-4-5-3-1;/h6-15,17,20-22H,4-5,16,18-19H2,1-3H3;1-6,8-11H,12-13H2;1-3H,4H2;. The van der Waals surface area contributed by atoms with Crippen LogP contribution in [0.2, 0.25) is 0 Å². The molecule has 1 unspecified atom stereocenters. The molecule has 0 saturated heterocycles. The molecule has 0 radical (unpaired) electrons. The number of rotatable bonds is 13. The molecule has 1 atom stereocenters. The van der Waals surface area contributed by atoms with Gasteiger partial charge in [-0.1, -0.05) is 0 Å². The Balaban J connectivity index is 1.41. The number of hydrogen-bond acceptors (Lipinski definition) is 0. The summed E-state index contributed by atoms with van der Waals surface area (Å²) >= 11 is -2.70. The second kappa shape index (κ2) is 16.9. The van der Waals surface area contributed by atoms with Gasteiger partial charge in [-0.2, -0.15) is 0 Å². The van der Waals surface area contributed by atoms with Crippen molar-refractivity contribution < 1.29 is 21.3 Å². The van der Waals surface area contributed by atoms with E-state index in [1.54, 1.807) is 20.0 Å². The van der Waals surface area contributed by atoms with E-state index in [2.05, 4.69) is 179 Å². The fourth-order valence-corrected chi connectivity index (χ4v) is 18.4. The molecule has 6 aromatic carbocycles. The normalized spacial score (nSPS) is 14.1. The second-order valence-electron chi connectivity index (χ2n) is 15.5. The monoisotopic (exact) mass is 778 g/mol. The molecule has 0 nitrogen and oxygen atoms in total. The Morgan fingerprint density at radius 1 is 0.630 bits per heavy atom. The molecule has 0 amide bonds. The first-order valence-corrected chi connectivity index (χ1v) is 24.0. The molecule has 268 valence electrons. The summed E-state index contributed by atoms with van der Waals surface area (Å²) in [5, 5.41) is 0. The van der Waals surface area contributed by atoms with Crippen LogP contribution in [-0.4, -0.2) is 3.21 Å². The quantitative estimate of drug-likeness (QED) is 0.110. The Hall–Kier alpha value is -4.45. The molecule has 8 rings (SSSR count). The van der Waals surface area contributed by atoms with Crippen molar-refractivity contribution in [1.82, 2.24) is 0 Å². The van der Waals surface area contributed by atoms with E-state index in [4.69, 9.17) is 0 Å². The van der Waals surface area contributed by atoms with E-state index in [1.807, 2.05) is 3.21 Å². The first-order chi connectivity index (χ1) is 26.6. The summed E-state index contributed by atoms with van der Waals surface area (Å²) in [6, 6.07) is 52.8. The fourth-order valence-electron chi connectivity index (χ4n) is 9.06. The maximum atomic E-state index is 2.65. The Morgan fingerprint density at radius 2 is 1.17 bits per heavy atom. The van der Waals surface area contributed by atoms with E-state index < -0.39 is 21.3 Å². The molecule has 1 heteroatoms. The van der Waals surface area contributed by atoms with E-state index in [9.17, 15) is 0 Å². The molecule has 2 aliphatic rings. The number of fused-ring (bicyclic) bond motifs is 3. The van der Waals surface area contributed by atoms with Gasteiger partial charge in [-0.15, -0.1) is 0 Å². The van der Waals surface area contributed by atoms with Gasteiger partial charge in [-0.3, -0.25) is 0 Å². The van der Waals surface area contributed by atoms with E-state index >= 15 is 0 Å². The van der Waals surface area contributed by atoms with Crippen molar-refractivity contribution in [1.29, 1.82) is 0 Å². The Kier molecular flexibility index (Phi) is 11.4. The molecule has 0 N–H and O–H groups in total. The van der Waals surface area contributed by atoms with Gasteiger partial charge in [-0.05, 0) is 0 Å². The van der Waals surface area contributed by atoms with Gasteiger partial charge in [0.1, 0.15) is 0 Å². The van der Waals surface area contributed by atoms with Gasteiger partial charge in [0, 0.05) is 0 Å². The zero-order chi connectivity index (χ0) is 36.9. The predicted octanol–water partition coefficient (Wildman–Crippen LogP) is 13.0. The number of unbranched alkanes of at least 4 members (excludes halogenated alkanes) is 1. The summed E-state index contributed by atoms with van der Waals surface area (Å²) in [6.45, 7) is 7.19. The molecular weight excluding hydrogens is 728 g/mol. The van der Waals surface area contributed by atoms with E-state index in [-0.39, 0.29) is 0 Å². The average Bonchev–Trinajstić information content (AvgIpc) is 3.84. The van der Waals surface area contributed by atoms with Crippen LogP contribution < -0.4 is 0 Å². The van der Waals surface area contributed by atoms with Crippen molar-refractivity contribution >= 4 is 3.21 Å². The fraction of sp³-hybridized carbons (Fsp3) is 0.226. The minimum atomic E-state index is -2.70. The zero-order valence-electron chi connectivity index (χ0n) is 32.2. The number of benzene rings is 6. The van der Waals surface area contributed by atoms with Crippen LogP contribution in [0.1, 0.15) is 91.0 Å². The molecule has 0 aliphatic heterocycles. The van der Waals surface area contributed by atoms with Crippen LogP contribution in [0.4, 0.5) is 0 Å². The summed E-state index contributed by atoms with van der Waals surface area (Å²) in [5.74, 6) is 0. The van der Waals surface area contributed by atoms with Crippen LogP contribution in [0.5, 0.6) is 0 Å². The van der Waals surface area contributed by atoms with Crippen LogP contribution in [0.25, 0.3) is 11.1 Å². The molecule has 0 saturated carbocycles. The predicted molar refractivity (Wildman–Crippen MR) is 227 cm³/mol. The minimum absolute atomic E-state index is 0.451. The van der Waals surface area contributed by atoms with Gasteiger partial charge in [0.05, 0.1) is 0 Å². The second-order valence-corrected chi connectivity index (χ2v) is 22.3. The Labute approximate surface area is 331 Å². The van der Waals surface area contributed by atoms with Gasteiger partial charge >= 0.3 is 334 Å². The Morgan fingerprint density at radius 3 is 1.70 bits per heavy atom. The zero-order valence-corrected chi connectivity index (χ0v) is 34.7. The maximum absolute atomic E-state index is 2.70. The van der Waals surface area contributed by atoms with Gasteiger partial charge < -0.3 is 0 Å². The van der Waals surface area contributed by atoms with Crippen molar-refractivity contribution in [3.05, 3.63) is 222 Å². The molecule has 2 aliphatic carbocycles. The van der Waals surface area contributed by atoms with Crippen molar-refractivity contribution in [2.45, 2.75) is 75.8 Å². The van der Waals surface area contributed by atoms with Crippen LogP contribution in [0.3, 0.4) is 0 Å². The summed E-state index contributed by atoms with van der Waals surface area (Å²) in [5.41, 5.74) is 19.5. The van der Waals surface area contributed by atoms with Crippen LogP contribution in [0, 0.1) is 13.8 Å². The van der Waals surface area contributed by atoms with Gasteiger partial charge in [0.25, 0.3) is 0 Å². The van der Waals surface area contributed by atoms with E-state index in [1.165, 1.54) is 68.5 Å². The molecule has 0 heterocycles. The van der Waals surface area contributed by atoms with Gasteiger partial charge in [0.15, 0.2) is 0 Å². The Bertz CT molecular complexity index is 2280. The molecule has 0 spiro atoms. The van der Waals surface area contributed by atoms with E-state index in [0.29, 0.717) is 3.63 Å². The molecule has 0 aromatic heterocycles. The molecule has 54 heavy (non-hydrogen) atoms. The third kappa shape index (κ3) is 7.85. The molecule has 0 fully saturated rings. The number of allylic oxidation sites excluding steroid dienone is 4. The first-order valence-electron chi connectivity index (χ1n) is 20.1. The molecular formula is C53H52Zr. The first kappa shape index (κ1) is 36.5. The topological polar surface area (TPSA) is 0 Å². The summed E-state index contributed by atoms with van der Waals surface area (Å²) in [4.78, 5) is 0. The molecule has 0 bridgehead atoms. The van der Waals surface area contributed by atoms with E-state index in [0.717, 1.165) is 38.5 Å². The average molecular weight is 780 g/mol. The number of hydrogen-bond donors (Lipinski definition) is 0. The third-order valence-corrected chi connectivity index (χ3v) is 20.1. The third-order valence-electron chi connectivity index (χ3n) is 11.8. The summed E-state index contributed by atoms with van der Waals surface area (Å²) < 4.78 is 4.01. The van der Waals surface area contributed by atoms with Gasteiger partial charge in [0.2, 0.25) is 0 Å². The SMILES string of the molecule is CCCCc1c(C)c(Cc2ccccc2)cc2c1[CH]([Zr]([C]1=CC=CC1)=[C](Cc1ccccc1)Cc1ccccc1)c1cc(C)c(Cc3ccccc3)cc1-2. The van der Waals surface area contributed by atoms with Crippen molar-refractivity contribution in [3.8, 4) is 11.1 Å². The van der Waals surface area contributed by atoms with Crippen molar-refractivity contribution in [2.75, 3.05) is 0 Å². The summed E-state index contributed by atoms with van der Waals surface area (Å²) in [6.07, 6.45) is 16.1. The summed E-state index contributed by atoms with van der Waals surface area (Å²) in [7, 11) is 0. The van der Waals surface area contributed by atoms with Crippen LogP contribution >= 0.6 is 0 Å². The van der Waals surface area contributed by atoms with Crippen LogP contribution in [0.15, 0.2) is 161 Å². The van der Waals surface area contributed by atoms with Gasteiger partial charge in [-0.25, -0.2) is 0 Å².